The van der Waals surface area contributed by atoms with E-state index >= 15 is 0 Å². The Balaban J connectivity index is 0.00000132. The van der Waals surface area contributed by atoms with Crippen LogP contribution in [0.2, 0.25) is 0 Å². The minimum absolute atomic E-state index is 0. The maximum absolute atomic E-state index is 5.05. The van der Waals surface area contributed by atoms with Crippen molar-refractivity contribution in [2.75, 3.05) is 0 Å². The van der Waals surface area contributed by atoms with E-state index in [0.717, 1.165) is 33.7 Å². The number of aliphatic imine (C=N–C) groups is 4. The number of rotatable bonds is 6. The molecule has 0 spiro atoms. The molecule has 0 amide bonds. The molecular weight excluding hydrogens is 653 g/mol. The summed E-state index contributed by atoms with van der Waals surface area (Å²) in [6.45, 7) is 0. The van der Waals surface area contributed by atoms with Crippen molar-refractivity contribution in [3.8, 4) is 0 Å². The van der Waals surface area contributed by atoms with Gasteiger partial charge in [-0.15, -0.1) is 0 Å². The van der Waals surface area contributed by atoms with Gasteiger partial charge in [-0.05, 0) is 34.4 Å². The summed E-state index contributed by atoms with van der Waals surface area (Å²) in [5, 5.41) is 0. The minimum Gasteiger partial charge on any atom is -1.00 e. The van der Waals surface area contributed by atoms with Crippen molar-refractivity contribution in [2.24, 2.45) is 20.0 Å². The number of pyridine rings is 1. The first-order valence-corrected chi connectivity index (χ1v) is 13.3. The van der Waals surface area contributed by atoms with Gasteiger partial charge in [0.1, 0.15) is 23.5 Å². The molecule has 0 bridgehead atoms. The fourth-order valence-corrected chi connectivity index (χ4v) is 5.10. The zero-order chi connectivity index (χ0) is 26.7. The summed E-state index contributed by atoms with van der Waals surface area (Å²) in [7, 11) is 0. The van der Waals surface area contributed by atoms with E-state index in [9.17, 15) is 0 Å². The van der Waals surface area contributed by atoms with E-state index in [-0.39, 0.29) is 66.4 Å². The summed E-state index contributed by atoms with van der Waals surface area (Å²) < 4.78 is 0. The third kappa shape index (κ3) is 7.07. The number of benzene rings is 4. The van der Waals surface area contributed by atoms with Crippen LogP contribution in [0.4, 0.5) is 0 Å². The van der Waals surface area contributed by atoms with Gasteiger partial charge in [0.15, 0.2) is 11.7 Å². The van der Waals surface area contributed by atoms with Gasteiger partial charge in [0, 0.05) is 0 Å². The van der Waals surface area contributed by atoms with E-state index in [4.69, 9.17) is 25.0 Å². The van der Waals surface area contributed by atoms with Crippen molar-refractivity contribution in [3.05, 3.63) is 173 Å². The summed E-state index contributed by atoms with van der Waals surface area (Å²) in [4.78, 5) is 25.1. The molecule has 2 aliphatic heterocycles. The largest absolute Gasteiger partial charge is 3.00 e. The number of hydrogen-bond acceptors (Lipinski definition) is 5. The fraction of sp³-hybridized carbons (Fsp3) is 0.0571. The van der Waals surface area contributed by atoms with Crippen LogP contribution in [0, 0.1) is 0 Å². The molecule has 44 heavy (non-hydrogen) atoms. The first-order chi connectivity index (χ1) is 19.8. The summed E-state index contributed by atoms with van der Waals surface area (Å²) in [6.07, 6.45) is 0. The molecule has 5 aromatic rings. The molecule has 219 valence electrons. The third-order valence-corrected chi connectivity index (χ3v) is 7.05. The predicted octanol–water partition coefficient (Wildman–Crippen LogP) is -1.93. The Bertz CT molecular complexity index is 1670. The van der Waals surface area contributed by atoms with E-state index in [1.54, 1.807) is 0 Å². The molecule has 4 aromatic carbocycles. The summed E-state index contributed by atoms with van der Waals surface area (Å²) >= 11 is 0. The van der Waals surface area contributed by atoms with Crippen LogP contribution in [0.3, 0.4) is 0 Å². The Morgan fingerprint density at radius 2 is 0.727 bits per heavy atom. The standard InChI is InChI=1S/C35H25N5.3ClH.Fe/c1-5-14-24(15-6-1)30-31(25-16-7-2-8-17-25)38-34(37-30)28-22-13-23-29(36-28)35-39-32(26-18-9-3-10-19-26)33(40-35)27-20-11-4-12-21-27;;;;/h1-23,30,32H;3*1H;/q;;;;+3/p-3. The Morgan fingerprint density at radius 3 is 1.09 bits per heavy atom. The Hall–Kier alpha value is -3.90. The van der Waals surface area contributed by atoms with Crippen LogP contribution in [0.5, 0.6) is 0 Å². The molecule has 0 fully saturated rings. The zero-order valence-corrected chi connectivity index (χ0v) is 26.5. The van der Waals surface area contributed by atoms with Crippen LogP contribution >= 0.6 is 0 Å². The molecule has 5 nitrogen and oxygen atoms in total. The van der Waals surface area contributed by atoms with Crippen molar-refractivity contribution in [1.82, 2.24) is 4.98 Å². The summed E-state index contributed by atoms with van der Waals surface area (Å²) in [5.41, 5.74) is 7.53. The van der Waals surface area contributed by atoms with Crippen molar-refractivity contribution >= 4 is 23.1 Å². The molecule has 1 aromatic heterocycles. The quantitative estimate of drug-likeness (QED) is 0.194. The van der Waals surface area contributed by atoms with Gasteiger partial charge in [-0.3, -0.25) is 9.98 Å². The van der Waals surface area contributed by atoms with Crippen molar-refractivity contribution in [3.63, 3.8) is 0 Å². The van der Waals surface area contributed by atoms with Gasteiger partial charge in [-0.25, -0.2) is 15.0 Å². The molecule has 0 aliphatic carbocycles. The maximum Gasteiger partial charge on any atom is 3.00 e. The van der Waals surface area contributed by atoms with Crippen molar-refractivity contribution in [2.45, 2.75) is 12.1 Å². The molecule has 2 aliphatic rings. The van der Waals surface area contributed by atoms with E-state index in [0.29, 0.717) is 23.1 Å². The fourth-order valence-electron chi connectivity index (χ4n) is 5.10. The first-order valence-electron chi connectivity index (χ1n) is 13.3. The molecule has 2 atom stereocenters. The van der Waals surface area contributed by atoms with E-state index in [1.165, 1.54) is 0 Å². The van der Waals surface area contributed by atoms with Crippen LogP contribution in [-0.4, -0.2) is 28.1 Å². The van der Waals surface area contributed by atoms with Gasteiger partial charge in [-0.1, -0.05) is 127 Å². The monoisotopic (exact) mass is 676 g/mol. The van der Waals surface area contributed by atoms with Gasteiger partial charge in [-0.2, -0.15) is 0 Å². The molecule has 7 rings (SSSR count). The zero-order valence-electron chi connectivity index (χ0n) is 23.2. The van der Waals surface area contributed by atoms with Crippen LogP contribution < -0.4 is 37.2 Å². The second-order valence-corrected chi connectivity index (χ2v) is 9.67. The van der Waals surface area contributed by atoms with Gasteiger partial charge >= 0.3 is 17.1 Å². The SMILES string of the molecule is [Cl-].[Cl-].[Cl-].[Fe+3].c1ccc(C2=NC(c3cccc(C4=NC(c5ccccc5)C(c5ccccc5)=N4)n3)=NC2c2ccccc2)cc1. The topological polar surface area (TPSA) is 62.3 Å². The second-order valence-electron chi connectivity index (χ2n) is 9.67. The number of nitrogens with zero attached hydrogens (tertiary/aromatic N) is 5. The average molecular weight is 678 g/mol. The molecular formula is C35H25Cl3FeN5. The van der Waals surface area contributed by atoms with Crippen molar-refractivity contribution in [1.29, 1.82) is 0 Å². The van der Waals surface area contributed by atoms with Crippen LogP contribution in [0.15, 0.2) is 159 Å². The number of amidine groups is 2. The van der Waals surface area contributed by atoms with Crippen LogP contribution in [0.25, 0.3) is 0 Å². The van der Waals surface area contributed by atoms with Crippen molar-refractivity contribution < 1.29 is 54.3 Å². The summed E-state index contributed by atoms with van der Waals surface area (Å²) in [6, 6.07) is 46.5. The molecule has 1 radical (unpaired) electrons. The minimum atomic E-state index is -0.196. The molecule has 0 saturated carbocycles. The number of hydrogen-bond donors (Lipinski definition) is 0. The van der Waals surface area contributed by atoms with Crippen LogP contribution in [0.1, 0.15) is 45.7 Å². The first kappa shape index (κ1) is 34.6. The molecule has 2 unspecified atom stereocenters. The van der Waals surface area contributed by atoms with Gasteiger partial charge in [0.05, 0.1) is 11.4 Å². The average Bonchev–Trinajstić information content (AvgIpc) is 3.69. The van der Waals surface area contributed by atoms with Gasteiger partial charge in [0.2, 0.25) is 0 Å². The maximum atomic E-state index is 5.05. The molecule has 3 heterocycles. The van der Waals surface area contributed by atoms with E-state index < -0.39 is 0 Å². The Kier molecular flexibility index (Phi) is 12.4. The van der Waals surface area contributed by atoms with E-state index in [1.807, 2.05) is 91.0 Å². The summed E-state index contributed by atoms with van der Waals surface area (Å²) in [5.74, 6) is 1.22. The normalized spacial score (nSPS) is 16.5. The smallest absolute Gasteiger partial charge is 1.00 e. The molecule has 9 heteroatoms. The molecule has 0 N–H and O–H groups in total. The number of halogens is 3. The van der Waals surface area contributed by atoms with E-state index in [2.05, 4.69) is 48.5 Å². The molecule has 0 saturated heterocycles. The van der Waals surface area contributed by atoms with Gasteiger partial charge in [0.25, 0.3) is 0 Å². The Morgan fingerprint density at radius 1 is 0.386 bits per heavy atom. The van der Waals surface area contributed by atoms with Gasteiger partial charge < -0.3 is 37.2 Å². The third-order valence-electron chi connectivity index (χ3n) is 7.05. The number of aromatic nitrogens is 1. The van der Waals surface area contributed by atoms with Crippen LogP contribution in [-0.2, 0) is 17.1 Å². The second kappa shape index (κ2) is 15.7. The predicted molar refractivity (Wildman–Crippen MR) is 162 cm³/mol. The Labute approximate surface area is 286 Å².